The van der Waals surface area contributed by atoms with Gasteiger partial charge in [-0.05, 0) is 53.6 Å². The van der Waals surface area contributed by atoms with Gasteiger partial charge in [0.05, 0.1) is 10.6 Å². The minimum atomic E-state index is -3.57. The quantitative estimate of drug-likeness (QED) is 0.515. The van der Waals surface area contributed by atoms with E-state index in [0.717, 1.165) is 6.26 Å². The number of hydrogen-bond acceptors (Lipinski definition) is 5. The second-order valence-corrected chi connectivity index (χ2v) is 10.1. The number of carbonyl (C=O) groups excluding carboxylic acids is 2. The van der Waals surface area contributed by atoms with Gasteiger partial charge in [0.1, 0.15) is 17.9 Å². The van der Waals surface area contributed by atoms with E-state index in [0.29, 0.717) is 36.2 Å². The fourth-order valence-corrected chi connectivity index (χ4v) is 4.66. The van der Waals surface area contributed by atoms with E-state index in [1.807, 2.05) is 0 Å². The molecule has 0 saturated carbocycles. The van der Waals surface area contributed by atoms with Gasteiger partial charge >= 0.3 is 0 Å². The predicted molar refractivity (Wildman–Crippen MR) is 125 cm³/mol. The summed E-state index contributed by atoms with van der Waals surface area (Å²) in [6.07, 6.45) is 1.63. The minimum Gasteiger partial charge on any atom is -0.366 e. The van der Waals surface area contributed by atoms with Crippen molar-refractivity contribution in [2.75, 3.05) is 37.3 Å². The van der Waals surface area contributed by atoms with E-state index in [9.17, 15) is 26.8 Å². The van der Waals surface area contributed by atoms with Gasteiger partial charge in [0.2, 0.25) is 0 Å². The lowest BCUT2D eigenvalue weighted by atomic mass is 9.98. The molecule has 1 saturated heterocycles. The van der Waals surface area contributed by atoms with Gasteiger partial charge in [0.15, 0.2) is 9.84 Å². The van der Waals surface area contributed by atoms with E-state index in [4.69, 9.17) is 0 Å². The number of aldehydes is 1. The first kappa shape index (κ1) is 23.6. The van der Waals surface area contributed by atoms with E-state index in [1.165, 1.54) is 54.6 Å². The summed E-state index contributed by atoms with van der Waals surface area (Å²) in [5, 5.41) is 0. The van der Waals surface area contributed by atoms with Crippen LogP contribution in [0.4, 0.5) is 14.5 Å². The fourth-order valence-electron chi connectivity index (χ4n) is 4.01. The second-order valence-electron chi connectivity index (χ2n) is 8.10. The molecule has 0 aliphatic carbocycles. The number of benzene rings is 3. The molecule has 3 aromatic carbocycles. The highest BCUT2D eigenvalue weighted by Crippen LogP contribution is 2.29. The Morgan fingerprint density at radius 2 is 1.68 bits per heavy atom. The normalized spacial score (nSPS) is 14.2. The molecule has 0 spiro atoms. The highest BCUT2D eigenvalue weighted by Gasteiger charge is 2.26. The molecule has 1 fully saturated rings. The van der Waals surface area contributed by atoms with Crippen LogP contribution in [0.15, 0.2) is 65.6 Å². The number of sulfone groups is 1. The van der Waals surface area contributed by atoms with E-state index in [1.54, 1.807) is 15.9 Å². The van der Waals surface area contributed by atoms with Gasteiger partial charge in [0.25, 0.3) is 5.91 Å². The number of hydrogen-bond donors (Lipinski definition) is 0. The first-order valence-corrected chi connectivity index (χ1v) is 12.5. The lowest BCUT2D eigenvalue weighted by Crippen LogP contribution is -2.49. The molecular formula is C25H22F2N2O4S. The minimum absolute atomic E-state index is 0.00743. The topological polar surface area (TPSA) is 74.8 Å². The molecule has 6 nitrogen and oxygen atoms in total. The molecule has 176 valence electrons. The average molecular weight is 485 g/mol. The first-order valence-electron chi connectivity index (χ1n) is 10.6. The van der Waals surface area contributed by atoms with Crippen molar-refractivity contribution in [3.8, 4) is 11.1 Å². The molecule has 1 heterocycles. The third-order valence-corrected chi connectivity index (χ3v) is 6.91. The standard InChI is InChI=1S/C25H22F2N2O4S/c1-34(32,33)20-6-7-21(18-3-2-4-19(26)14-18)22(15-20)25(31)29-11-9-28(10-12-29)24-8-5-17(16-30)13-23(24)27/h2-8,13-16H,9-12H2,1H3. The maximum absolute atomic E-state index is 14.4. The van der Waals surface area contributed by atoms with Crippen molar-refractivity contribution in [3.63, 3.8) is 0 Å². The highest BCUT2D eigenvalue weighted by molar-refractivity contribution is 7.90. The van der Waals surface area contributed by atoms with Crippen LogP contribution in [0.25, 0.3) is 11.1 Å². The Balaban J connectivity index is 1.62. The molecule has 0 unspecified atom stereocenters. The molecule has 1 aliphatic rings. The molecule has 4 rings (SSSR count). The zero-order valence-electron chi connectivity index (χ0n) is 18.4. The number of rotatable bonds is 5. The van der Waals surface area contributed by atoms with Crippen LogP contribution in [0.1, 0.15) is 20.7 Å². The summed E-state index contributed by atoms with van der Waals surface area (Å²) in [6, 6.07) is 14.2. The third kappa shape index (κ3) is 4.84. The SMILES string of the molecule is CS(=O)(=O)c1ccc(-c2cccc(F)c2)c(C(=O)N2CCN(c3ccc(C=O)cc3F)CC2)c1. The summed E-state index contributed by atoms with van der Waals surface area (Å²) in [7, 11) is -3.57. The number of carbonyl (C=O) groups is 2. The molecule has 1 aliphatic heterocycles. The molecule has 3 aromatic rings. The van der Waals surface area contributed by atoms with Crippen molar-refractivity contribution >= 4 is 27.7 Å². The monoisotopic (exact) mass is 484 g/mol. The number of piperazine rings is 1. The van der Waals surface area contributed by atoms with Crippen LogP contribution in [0.5, 0.6) is 0 Å². The van der Waals surface area contributed by atoms with Crippen molar-refractivity contribution in [1.82, 2.24) is 4.90 Å². The third-order valence-electron chi connectivity index (χ3n) is 5.80. The zero-order chi connectivity index (χ0) is 24.5. The maximum atomic E-state index is 14.4. The smallest absolute Gasteiger partial charge is 0.254 e. The Bertz CT molecular complexity index is 1370. The summed E-state index contributed by atoms with van der Waals surface area (Å²) in [4.78, 5) is 27.7. The molecule has 0 bridgehead atoms. The highest BCUT2D eigenvalue weighted by atomic mass is 32.2. The van der Waals surface area contributed by atoms with E-state index >= 15 is 0 Å². The Morgan fingerprint density at radius 1 is 0.941 bits per heavy atom. The van der Waals surface area contributed by atoms with Crippen LogP contribution in [-0.2, 0) is 9.84 Å². The van der Waals surface area contributed by atoms with Crippen molar-refractivity contribution in [3.05, 3.63) is 83.4 Å². The zero-order valence-corrected chi connectivity index (χ0v) is 19.2. The first-order chi connectivity index (χ1) is 16.2. The van der Waals surface area contributed by atoms with Crippen LogP contribution in [0.2, 0.25) is 0 Å². The number of anilines is 1. The van der Waals surface area contributed by atoms with Crippen LogP contribution in [-0.4, -0.2) is 57.9 Å². The van der Waals surface area contributed by atoms with Crippen LogP contribution < -0.4 is 4.90 Å². The van der Waals surface area contributed by atoms with Crippen molar-refractivity contribution in [1.29, 1.82) is 0 Å². The molecule has 0 radical (unpaired) electrons. The van der Waals surface area contributed by atoms with Gasteiger partial charge in [-0.3, -0.25) is 9.59 Å². The van der Waals surface area contributed by atoms with Gasteiger partial charge in [-0.25, -0.2) is 17.2 Å². The van der Waals surface area contributed by atoms with Gasteiger partial charge in [-0.2, -0.15) is 0 Å². The predicted octanol–water partition coefficient (Wildman–Crippen LogP) is 3.81. The molecule has 0 aromatic heterocycles. The Labute approximate surface area is 196 Å². The molecule has 34 heavy (non-hydrogen) atoms. The van der Waals surface area contributed by atoms with Gasteiger partial charge in [-0.15, -0.1) is 0 Å². The summed E-state index contributed by atoms with van der Waals surface area (Å²) in [5.41, 5.74) is 1.63. The number of nitrogens with zero attached hydrogens (tertiary/aromatic N) is 2. The largest absolute Gasteiger partial charge is 0.366 e. The number of amides is 1. The van der Waals surface area contributed by atoms with Crippen molar-refractivity contribution < 1.29 is 26.8 Å². The fraction of sp³-hybridized carbons (Fsp3) is 0.200. The molecule has 9 heteroatoms. The van der Waals surface area contributed by atoms with Crippen molar-refractivity contribution in [2.24, 2.45) is 0 Å². The Morgan fingerprint density at radius 3 is 2.29 bits per heavy atom. The lowest BCUT2D eigenvalue weighted by Gasteiger charge is -2.36. The summed E-state index contributed by atoms with van der Waals surface area (Å²) >= 11 is 0. The molecular weight excluding hydrogens is 462 g/mol. The molecule has 1 amide bonds. The second kappa shape index (κ2) is 9.34. The van der Waals surface area contributed by atoms with Gasteiger partial charge in [-0.1, -0.05) is 18.2 Å². The van der Waals surface area contributed by atoms with E-state index in [2.05, 4.69) is 0 Å². The molecule has 0 N–H and O–H groups in total. The molecule has 0 atom stereocenters. The maximum Gasteiger partial charge on any atom is 0.254 e. The van der Waals surface area contributed by atoms with E-state index in [-0.39, 0.29) is 35.0 Å². The summed E-state index contributed by atoms with van der Waals surface area (Å²) in [5.74, 6) is -1.38. The van der Waals surface area contributed by atoms with E-state index < -0.39 is 21.5 Å². The van der Waals surface area contributed by atoms with Crippen molar-refractivity contribution in [2.45, 2.75) is 4.90 Å². The average Bonchev–Trinajstić information content (AvgIpc) is 2.82. The number of halogens is 2. The summed E-state index contributed by atoms with van der Waals surface area (Å²) < 4.78 is 52.5. The van der Waals surface area contributed by atoms with Crippen LogP contribution >= 0.6 is 0 Å². The summed E-state index contributed by atoms with van der Waals surface area (Å²) in [6.45, 7) is 1.26. The van der Waals surface area contributed by atoms with Crippen LogP contribution in [0.3, 0.4) is 0 Å². The Kier molecular flexibility index (Phi) is 6.47. The lowest BCUT2D eigenvalue weighted by molar-refractivity contribution is 0.0747. The van der Waals surface area contributed by atoms with Gasteiger partial charge < -0.3 is 9.80 Å². The van der Waals surface area contributed by atoms with Gasteiger partial charge in [0, 0.05) is 43.6 Å². The van der Waals surface area contributed by atoms with Crippen LogP contribution in [0, 0.1) is 11.6 Å². The Hall–Kier alpha value is -3.59.